The Hall–Kier alpha value is -3.51. The van der Waals surface area contributed by atoms with E-state index in [1.54, 1.807) is 38.1 Å². The lowest BCUT2D eigenvalue weighted by Gasteiger charge is -2.27. The number of hydrogen-bond acceptors (Lipinski definition) is 7. The third kappa shape index (κ3) is 9.16. The van der Waals surface area contributed by atoms with E-state index in [-0.39, 0.29) is 6.42 Å². The monoisotopic (exact) mass is 480 g/mol. The highest BCUT2D eigenvalue weighted by atomic mass is 16.4. The molecule has 5 unspecified atom stereocenters. The fourth-order valence-electron chi connectivity index (χ4n) is 3.03. The van der Waals surface area contributed by atoms with Crippen molar-refractivity contribution in [1.29, 1.82) is 0 Å². The van der Waals surface area contributed by atoms with Gasteiger partial charge in [-0.25, -0.2) is 4.79 Å². The molecule has 0 heterocycles. The average Bonchev–Trinajstić information content (AvgIpc) is 2.79. The summed E-state index contributed by atoms with van der Waals surface area (Å²) in [6.45, 7) is 2.58. The number of benzene rings is 1. The SMILES string of the molecule is CCC(C)C(NC(=O)C(CO)NC(=O)C(N)Cc1ccccc1)C(=O)NC(CC(=O)O)C(=O)O. The Bertz CT molecular complexity index is 864. The van der Waals surface area contributed by atoms with E-state index < -0.39 is 72.8 Å². The van der Waals surface area contributed by atoms with Crippen LogP contribution in [-0.4, -0.2) is 75.8 Å². The highest BCUT2D eigenvalue weighted by molar-refractivity contribution is 5.94. The highest BCUT2D eigenvalue weighted by Crippen LogP contribution is 2.10. The molecule has 188 valence electrons. The third-order valence-electron chi connectivity index (χ3n) is 5.24. The van der Waals surface area contributed by atoms with Crippen LogP contribution in [0.3, 0.4) is 0 Å². The molecule has 0 saturated carbocycles. The van der Waals surface area contributed by atoms with Crippen molar-refractivity contribution in [3.63, 3.8) is 0 Å². The van der Waals surface area contributed by atoms with Gasteiger partial charge in [-0.1, -0.05) is 50.6 Å². The molecule has 0 aliphatic heterocycles. The van der Waals surface area contributed by atoms with Crippen molar-refractivity contribution in [1.82, 2.24) is 16.0 Å². The van der Waals surface area contributed by atoms with Crippen LogP contribution in [0.1, 0.15) is 32.3 Å². The predicted octanol–water partition coefficient (Wildman–Crippen LogP) is -1.39. The minimum atomic E-state index is -1.70. The van der Waals surface area contributed by atoms with E-state index in [9.17, 15) is 29.1 Å². The average molecular weight is 481 g/mol. The predicted molar refractivity (Wildman–Crippen MR) is 120 cm³/mol. The Kier molecular flexibility index (Phi) is 11.7. The van der Waals surface area contributed by atoms with Gasteiger partial charge < -0.3 is 37.0 Å². The first-order valence-corrected chi connectivity index (χ1v) is 10.8. The number of nitrogens with two attached hydrogens (primary N) is 1. The number of carbonyl (C=O) groups excluding carboxylic acids is 3. The Labute approximate surface area is 196 Å². The summed E-state index contributed by atoms with van der Waals surface area (Å²) in [7, 11) is 0. The topological polar surface area (TPSA) is 208 Å². The second-order valence-corrected chi connectivity index (χ2v) is 7.91. The number of amides is 3. The van der Waals surface area contributed by atoms with Gasteiger partial charge in [-0.05, 0) is 17.9 Å². The molecule has 0 aliphatic rings. The summed E-state index contributed by atoms with van der Waals surface area (Å²) in [6.07, 6.45) is -0.242. The van der Waals surface area contributed by atoms with Crippen LogP contribution < -0.4 is 21.7 Å². The van der Waals surface area contributed by atoms with Crippen LogP contribution in [-0.2, 0) is 30.4 Å². The van der Waals surface area contributed by atoms with Gasteiger partial charge in [0.1, 0.15) is 18.1 Å². The molecule has 12 heteroatoms. The number of aliphatic hydroxyl groups is 1. The van der Waals surface area contributed by atoms with E-state index >= 15 is 0 Å². The molecule has 8 N–H and O–H groups in total. The van der Waals surface area contributed by atoms with Gasteiger partial charge in [0.05, 0.1) is 19.1 Å². The molecule has 0 fully saturated rings. The zero-order chi connectivity index (χ0) is 25.8. The van der Waals surface area contributed by atoms with Crippen molar-refractivity contribution in [2.45, 2.75) is 57.3 Å². The molecule has 0 bridgehead atoms. The van der Waals surface area contributed by atoms with Crippen LogP contribution in [0.5, 0.6) is 0 Å². The molecule has 34 heavy (non-hydrogen) atoms. The van der Waals surface area contributed by atoms with E-state index in [2.05, 4.69) is 16.0 Å². The van der Waals surface area contributed by atoms with E-state index in [1.165, 1.54) is 0 Å². The molecule has 1 rings (SSSR count). The second kappa shape index (κ2) is 13.9. The van der Waals surface area contributed by atoms with Crippen molar-refractivity contribution in [3.05, 3.63) is 35.9 Å². The van der Waals surface area contributed by atoms with E-state index in [4.69, 9.17) is 15.9 Å². The fraction of sp³-hybridized carbons (Fsp3) is 0.500. The normalized spacial score (nSPS) is 15.2. The number of carbonyl (C=O) groups is 5. The van der Waals surface area contributed by atoms with E-state index in [1.807, 2.05) is 6.07 Å². The van der Waals surface area contributed by atoms with Crippen LogP contribution in [0, 0.1) is 5.92 Å². The fourth-order valence-corrected chi connectivity index (χ4v) is 3.03. The molecule has 5 atom stereocenters. The zero-order valence-corrected chi connectivity index (χ0v) is 19.1. The van der Waals surface area contributed by atoms with Crippen molar-refractivity contribution >= 4 is 29.7 Å². The quantitative estimate of drug-likeness (QED) is 0.167. The molecule has 1 aromatic carbocycles. The molecule has 0 aliphatic carbocycles. The lowest BCUT2D eigenvalue weighted by molar-refractivity contribution is -0.147. The number of carboxylic acids is 2. The molecule has 0 aromatic heterocycles. The minimum absolute atomic E-state index is 0.199. The van der Waals surface area contributed by atoms with Crippen molar-refractivity contribution in [3.8, 4) is 0 Å². The zero-order valence-electron chi connectivity index (χ0n) is 19.1. The number of hydrogen-bond donors (Lipinski definition) is 7. The molecule has 0 spiro atoms. The van der Waals surface area contributed by atoms with Crippen LogP contribution in [0.15, 0.2) is 30.3 Å². The number of carboxylic acid groups (broad SMARTS) is 2. The summed E-state index contributed by atoms with van der Waals surface area (Å²) in [5.41, 5.74) is 6.71. The largest absolute Gasteiger partial charge is 0.481 e. The first kappa shape index (κ1) is 28.5. The lowest BCUT2D eigenvalue weighted by Crippen LogP contribution is -2.59. The smallest absolute Gasteiger partial charge is 0.326 e. The second-order valence-electron chi connectivity index (χ2n) is 7.91. The lowest BCUT2D eigenvalue weighted by atomic mass is 9.97. The van der Waals surface area contributed by atoms with Crippen LogP contribution in [0.4, 0.5) is 0 Å². The van der Waals surface area contributed by atoms with Gasteiger partial charge in [0.2, 0.25) is 17.7 Å². The summed E-state index contributed by atoms with van der Waals surface area (Å²) in [6, 6.07) is 3.61. The van der Waals surface area contributed by atoms with Gasteiger partial charge in [-0.2, -0.15) is 0 Å². The maximum Gasteiger partial charge on any atom is 0.326 e. The van der Waals surface area contributed by atoms with Crippen LogP contribution >= 0.6 is 0 Å². The van der Waals surface area contributed by atoms with Crippen molar-refractivity contribution in [2.24, 2.45) is 11.7 Å². The minimum Gasteiger partial charge on any atom is -0.481 e. The summed E-state index contributed by atoms with van der Waals surface area (Å²) in [4.78, 5) is 59.9. The Morgan fingerprint density at radius 2 is 1.50 bits per heavy atom. The number of nitrogens with one attached hydrogen (secondary N) is 3. The first-order chi connectivity index (χ1) is 16.0. The summed E-state index contributed by atoms with van der Waals surface area (Å²) < 4.78 is 0. The summed E-state index contributed by atoms with van der Waals surface area (Å²) >= 11 is 0. The summed E-state index contributed by atoms with van der Waals surface area (Å²) in [5, 5.41) is 34.5. The van der Waals surface area contributed by atoms with E-state index in [0.29, 0.717) is 6.42 Å². The van der Waals surface area contributed by atoms with Crippen molar-refractivity contribution < 1.29 is 39.3 Å². The Balaban J connectivity index is 2.86. The maximum absolute atomic E-state index is 12.7. The number of aliphatic hydroxyl groups excluding tert-OH is 1. The van der Waals surface area contributed by atoms with Gasteiger partial charge in [0.15, 0.2) is 0 Å². The van der Waals surface area contributed by atoms with Crippen LogP contribution in [0.25, 0.3) is 0 Å². The molecule has 0 radical (unpaired) electrons. The highest BCUT2D eigenvalue weighted by Gasteiger charge is 2.33. The Morgan fingerprint density at radius 3 is 2.00 bits per heavy atom. The van der Waals surface area contributed by atoms with Gasteiger partial charge in [-0.3, -0.25) is 19.2 Å². The molecular formula is C22H32N4O8. The molecule has 12 nitrogen and oxygen atoms in total. The molecular weight excluding hydrogens is 448 g/mol. The van der Waals surface area contributed by atoms with Gasteiger partial charge in [0, 0.05) is 0 Å². The Morgan fingerprint density at radius 1 is 0.912 bits per heavy atom. The molecule has 0 saturated heterocycles. The number of aliphatic carboxylic acids is 2. The van der Waals surface area contributed by atoms with Gasteiger partial charge >= 0.3 is 11.9 Å². The number of rotatable bonds is 14. The first-order valence-electron chi connectivity index (χ1n) is 10.8. The maximum atomic E-state index is 12.7. The van der Waals surface area contributed by atoms with E-state index in [0.717, 1.165) is 5.56 Å². The molecule has 1 aromatic rings. The van der Waals surface area contributed by atoms with Gasteiger partial charge in [-0.15, -0.1) is 0 Å². The standard InChI is InChI=1S/C22H32N4O8/c1-3-12(2)18(21(32)24-15(22(33)34)10-17(28)29)26-20(31)16(11-27)25-19(30)14(23)9-13-7-5-4-6-8-13/h4-8,12,14-16,18,27H,3,9-11,23H2,1-2H3,(H,24,32)(H,25,30)(H,26,31)(H,28,29)(H,33,34). The van der Waals surface area contributed by atoms with Crippen molar-refractivity contribution in [2.75, 3.05) is 6.61 Å². The van der Waals surface area contributed by atoms with Crippen LogP contribution in [0.2, 0.25) is 0 Å². The molecule has 3 amide bonds. The summed E-state index contributed by atoms with van der Waals surface area (Å²) in [5.74, 6) is -5.91. The third-order valence-corrected chi connectivity index (χ3v) is 5.24. The van der Waals surface area contributed by atoms with Gasteiger partial charge in [0.25, 0.3) is 0 Å².